The molecule has 3 heteroatoms. The molecule has 0 atom stereocenters. The van der Waals surface area contributed by atoms with E-state index in [0.717, 1.165) is 29.5 Å². The number of hydrogen-bond donors (Lipinski definition) is 0. The second-order valence-corrected chi connectivity index (χ2v) is 9.53. The number of hydrogen-bond acceptors (Lipinski definition) is 3. The van der Waals surface area contributed by atoms with Crippen LogP contribution < -0.4 is 4.90 Å². The maximum absolute atomic E-state index is 6.59. The summed E-state index contributed by atoms with van der Waals surface area (Å²) in [5.41, 5.74) is 6.02. The summed E-state index contributed by atoms with van der Waals surface area (Å²) in [7, 11) is 0. The Balaban J connectivity index is 0.000000803. The van der Waals surface area contributed by atoms with Crippen LogP contribution in [0.3, 0.4) is 0 Å². The molecular formula is C26H31NO2. The van der Waals surface area contributed by atoms with Crippen LogP contribution in [0, 0.1) is 30.6 Å². The van der Waals surface area contributed by atoms with E-state index >= 15 is 0 Å². The van der Waals surface area contributed by atoms with E-state index < -0.39 is 0 Å². The second-order valence-electron chi connectivity index (χ2n) is 9.53. The Labute approximate surface area is 173 Å². The lowest BCUT2D eigenvalue weighted by molar-refractivity contribution is -0.0665. The lowest BCUT2D eigenvalue weighted by Gasteiger charge is -2.62. The minimum absolute atomic E-state index is 0.0381. The summed E-state index contributed by atoms with van der Waals surface area (Å²) in [4.78, 5) is 2.73. The Bertz CT molecular complexity index is 1030. The molecule has 5 aliphatic rings. The smallest absolute Gasteiger partial charge is 0.177 e. The average molecular weight is 390 g/mol. The van der Waals surface area contributed by atoms with Gasteiger partial charge < -0.3 is 13.7 Å². The van der Waals surface area contributed by atoms with Crippen molar-refractivity contribution in [1.82, 2.24) is 0 Å². The van der Waals surface area contributed by atoms with Gasteiger partial charge in [0.15, 0.2) is 11.2 Å². The van der Waals surface area contributed by atoms with Gasteiger partial charge in [0, 0.05) is 11.8 Å². The molecule has 2 aromatic heterocycles. The quantitative estimate of drug-likeness (QED) is 0.447. The van der Waals surface area contributed by atoms with Crippen LogP contribution in [0.2, 0.25) is 0 Å². The zero-order chi connectivity index (χ0) is 19.8. The number of fused-ring (bicyclic) bond motifs is 3. The largest absolute Gasteiger partial charge is 0.460 e. The van der Waals surface area contributed by atoms with Crippen molar-refractivity contribution in [2.75, 3.05) is 4.90 Å². The first-order chi connectivity index (χ1) is 14.2. The summed E-state index contributed by atoms with van der Waals surface area (Å²) in [5, 5.41) is 0. The number of anilines is 1. The van der Waals surface area contributed by atoms with Crippen molar-refractivity contribution in [3.8, 4) is 0 Å². The normalized spacial score (nSPS) is 34.0. The maximum atomic E-state index is 6.59. The van der Waals surface area contributed by atoms with E-state index in [4.69, 9.17) is 8.83 Å². The van der Waals surface area contributed by atoms with Crippen molar-refractivity contribution in [2.45, 2.75) is 65.0 Å². The first-order valence-electron chi connectivity index (χ1n) is 11.6. The number of para-hydroxylation sites is 1. The molecule has 0 saturated heterocycles. The van der Waals surface area contributed by atoms with Crippen molar-refractivity contribution in [1.29, 1.82) is 0 Å². The Morgan fingerprint density at radius 2 is 1.62 bits per heavy atom. The van der Waals surface area contributed by atoms with Gasteiger partial charge in [0.05, 0.1) is 18.4 Å². The Kier molecular flexibility index (Phi) is 3.76. The highest BCUT2D eigenvalue weighted by atomic mass is 16.4. The highest BCUT2D eigenvalue weighted by molar-refractivity contribution is 5.80. The van der Waals surface area contributed by atoms with Gasteiger partial charge in [-0.05, 0) is 74.3 Å². The van der Waals surface area contributed by atoms with Crippen molar-refractivity contribution in [3.63, 3.8) is 0 Å². The maximum Gasteiger partial charge on any atom is 0.177 e. The standard InChI is InChI=1S/C24H25NO2.C2H6/c1-14-4-2-3-5-20(14)25-13-19-22-21(6-7-26-22)27-23(19)24(25)17-9-15-8-16(11-17)12-18(24)10-15;1-2/h2-7,15-18H,8-13H2,1H3;1-2H3. The van der Waals surface area contributed by atoms with Crippen LogP contribution in [-0.2, 0) is 12.1 Å². The number of benzene rings is 1. The van der Waals surface area contributed by atoms with Gasteiger partial charge in [0.25, 0.3) is 0 Å². The average Bonchev–Trinajstić information content (AvgIpc) is 3.39. The van der Waals surface area contributed by atoms with Crippen molar-refractivity contribution < 1.29 is 8.83 Å². The number of nitrogens with zero attached hydrogens (tertiary/aromatic N) is 1. The first-order valence-corrected chi connectivity index (χ1v) is 11.6. The predicted molar refractivity (Wildman–Crippen MR) is 116 cm³/mol. The zero-order valence-electron chi connectivity index (χ0n) is 17.8. The van der Waals surface area contributed by atoms with E-state index in [0.29, 0.717) is 11.8 Å². The van der Waals surface area contributed by atoms with Gasteiger partial charge in [-0.25, -0.2) is 0 Å². The molecule has 1 aromatic carbocycles. The van der Waals surface area contributed by atoms with E-state index in [9.17, 15) is 0 Å². The molecular weight excluding hydrogens is 358 g/mol. The molecule has 4 fully saturated rings. The third kappa shape index (κ3) is 2.14. The molecule has 3 heterocycles. The summed E-state index contributed by atoms with van der Waals surface area (Å²) >= 11 is 0. The fourth-order valence-corrected chi connectivity index (χ4v) is 7.62. The number of furan rings is 2. The van der Waals surface area contributed by atoms with Crippen LogP contribution in [-0.4, -0.2) is 0 Å². The Morgan fingerprint density at radius 3 is 2.31 bits per heavy atom. The SMILES string of the molecule is CC.Cc1ccccc1N1Cc2c(oc3ccoc23)C12C1CC3CC(C1)CC2C3. The van der Waals surface area contributed by atoms with Crippen molar-refractivity contribution in [3.05, 3.63) is 53.5 Å². The van der Waals surface area contributed by atoms with E-state index in [2.05, 4.69) is 36.1 Å². The topological polar surface area (TPSA) is 29.5 Å². The fourth-order valence-electron chi connectivity index (χ4n) is 7.62. The Morgan fingerprint density at radius 1 is 0.931 bits per heavy atom. The summed E-state index contributed by atoms with van der Waals surface area (Å²) in [6.45, 7) is 7.17. The molecule has 29 heavy (non-hydrogen) atoms. The van der Waals surface area contributed by atoms with Crippen LogP contribution in [0.1, 0.15) is 62.8 Å². The van der Waals surface area contributed by atoms with Gasteiger partial charge in [-0.1, -0.05) is 32.0 Å². The van der Waals surface area contributed by atoms with E-state index in [1.807, 2.05) is 19.9 Å². The second kappa shape index (κ2) is 6.17. The highest BCUT2D eigenvalue weighted by Crippen LogP contribution is 2.67. The first kappa shape index (κ1) is 17.7. The molecule has 4 bridgehead atoms. The molecule has 0 N–H and O–H groups in total. The van der Waals surface area contributed by atoms with Crippen molar-refractivity contribution in [2.24, 2.45) is 23.7 Å². The summed E-state index contributed by atoms with van der Waals surface area (Å²) < 4.78 is 12.5. The molecule has 4 saturated carbocycles. The van der Waals surface area contributed by atoms with Crippen LogP contribution in [0.25, 0.3) is 11.2 Å². The molecule has 152 valence electrons. The molecule has 3 nitrogen and oxygen atoms in total. The predicted octanol–water partition coefficient (Wildman–Crippen LogP) is 7.03. The highest BCUT2D eigenvalue weighted by Gasteiger charge is 2.65. The third-order valence-electron chi connectivity index (χ3n) is 8.31. The van der Waals surface area contributed by atoms with Crippen LogP contribution in [0.15, 0.2) is 45.4 Å². The fraction of sp³-hybridized carbons (Fsp3) is 0.538. The third-order valence-corrected chi connectivity index (χ3v) is 8.31. The van der Waals surface area contributed by atoms with E-state index in [1.165, 1.54) is 54.7 Å². The zero-order valence-corrected chi connectivity index (χ0v) is 17.8. The minimum atomic E-state index is 0.0381. The molecule has 0 radical (unpaired) electrons. The van der Waals surface area contributed by atoms with Crippen LogP contribution in [0.4, 0.5) is 5.69 Å². The molecule has 0 amide bonds. The number of rotatable bonds is 1. The molecule has 1 spiro atoms. The van der Waals surface area contributed by atoms with Crippen LogP contribution >= 0.6 is 0 Å². The summed E-state index contributed by atoms with van der Waals surface area (Å²) in [6.07, 6.45) is 8.73. The molecule has 8 rings (SSSR count). The van der Waals surface area contributed by atoms with Gasteiger partial charge in [-0.3, -0.25) is 0 Å². The molecule has 0 unspecified atom stereocenters. The minimum Gasteiger partial charge on any atom is -0.460 e. The summed E-state index contributed by atoms with van der Waals surface area (Å²) in [5.74, 6) is 4.56. The van der Waals surface area contributed by atoms with Gasteiger partial charge in [-0.15, -0.1) is 0 Å². The van der Waals surface area contributed by atoms with Gasteiger partial charge >= 0.3 is 0 Å². The van der Waals surface area contributed by atoms with E-state index in [1.54, 1.807) is 6.26 Å². The van der Waals surface area contributed by atoms with Crippen molar-refractivity contribution >= 4 is 16.9 Å². The van der Waals surface area contributed by atoms with Gasteiger partial charge in [0.2, 0.25) is 0 Å². The van der Waals surface area contributed by atoms with E-state index in [-0.39, 0.29) is 5.54 Å². The lowest BCUT2D eigenvalue weighted by Crippen LogP contribution is -2.61. The molecule has 1 aliphatic heterocycles. The summed E-state index contributed by atoms with van der Waals surface area (Å²) in [6, 6.07) is 10.9. The number of aryl methyl sites for hydroxylation is 1. The lowest BCUT2D eigenvalue weighted by atomic mass is 9.48. The van der Waals surface area contributed by atoms with Gasteiger partial charge in [-0.2, -0.15) is 0 Å². The molecule has 4 aliphatic carbocycles. The molecule has 3 aromatic rings. The monoisotopic (exact) mass is 389 g/mol. The Hall–Kier alpha value is -2.16. The van der Waals surface area contributed by atoms with Gasteiger partial charge in [0.1, 0.15) is 11.3 Å². The van der Waals surface area contributed by atoms with Crippen LogP contribution in [0.5, 0.6) is 0 Å².